The Kier molecular flexibility index (Phi) is 8.18. The monoisotopic (exact) mass is 374 g/mol. The molecule has 0 unspecified atom stereocenters. The zero-order valence-electron chi connectivity index (χ0n) is 14.8. The van der Waals surface area contributed by atoms with Gasteiger partial charge in [-0.25, -0.2) is 4.39 Å². The lowest BCUT2D eigenvalue weighted by Gasteiger charge is -2.17. The summed E-state index contributed by atoms with van der Waals surface area (Å²) in [5.74, 6) is 0.505. The van der Waals surface area contributed by atoms with Gasteiger partial charge in [-0.2, -0.15) is 0 Å². The Morgan fingerprint density at radius 3 is 2.77 bits per heavy atom. The Balaban J connectivity index is 1.78. The Morgan fingerprint density at radius 1 is 1.27 bits per heavy atom. The molecule has 0 spiro atoms. The van der Waals surface area contributed by atoms with Gasteiger partial charge < -0.3 is 10.1 Å². The van der Waals surface area contributed by atoms with Crippen molar-refractivity contribution >= 4 is 23.4 Å². The van der Waals surface area contributed by atoms with Gasteiger partial charge in [0.05, 0.1) is 12.2 Å². The van der Waals surface area contributed by atoms with E-state index >= 15 is 0 Å². The van der Waals surface area contributed by atoms with Gasteiger partial charge in [-0.3, -0.25) is 9.69 Å². The second-order valence-corrected chi connectivity index (χ2v) is 6.72. The van der Waals surface area contributed by atoms with Crippen LogP contribution in [0.3, 0.4) is 0 Å². The van der Waals surface area contributed by atoms with E-state index in [1.807, 2.05) is 42.3 Å². The van der Waals surface area contributed by atoms with E-state index < -0.39 is 0 Å². The van der Waals surface area contributed by atoms with Crippen LogP contribution in [0.15, 0.2) is 66.1 Å². The van der Waals surface area contributed by atoms with Crippen molar-refractivity contribution in [1.82, 2.24) is 4.90 Å². The first-order valence-corrected chi connectivity index (χ1v) is 9.27. The molecule has 6 heteroatoms. The van der Waals surface area contributed by atoms with E-state index in [9.17, 15) is 9.18 Å². The molecule has 0 fully saturated rings. The van der Waals surface area contributed by atoms with Crippen molar-refractivity contribution in [3.63, 3.8) is 0 Å². The van der Waals surface area contributed by atoms with Crippen LogP contribution in [0.2, 0.25) is 0 Å². The molecule has 0 atom stereocenters. The average molecular weight is 374 g/mol. The number of benzene rings is 2. The van der Waals surface area contributed by atoms with Crippen LogP contribution in [-0.2, 0) is 4.79 Å². The van der Waals surface area contributed by atoms with E-state index in [4.69, 9.17) is 4.74 Å². The fourth-order valence-electron chi connectivity index (χ4n) is 2.23. The summed E-state index contributed by atoms with van der Waals surface area (Å²) >= 11 is 1.62. The number of halogens is 1. The fraction of sp³-hybridized carbons (Fsp3) is 0.250. The lowest BCUT2D eigenvalue weighted by molar-refractivity contribution is -0.117. The Bertz CT molecular complexity index is 739. The number of carbonyl (C=O) groups is 1. The van der Waals surface area contributed by atoms with E-state index in [0.717, 1.165) is 16.3 Å². The Hall–Kier alpha value is -2.31. The van der Waals surface area contributed by atoms with E-state index in [2.05, 4.69) is 11.9 Å². The van der Waals surface area contributed by atoms with Crippen molar-refractivity contribution in [3.05, 3.63) is 67.0 Å². The van der Waals surface area contributed by atoms with Gasteiger partial charge in [-0.1, -0.05) is 30.3 Å². The number of nitrogens with one attached hydrogen (secondary N) is 1. The largest absolute Gasteiger partial charge is 0.489 e. The molecular weight excluding hydrogens is 351 g/mol. The molecule has 0 aliphatic heterocycles. The van der Waals surface area contributed by atoms with Gasteiger partial charge >= 0.3 is 0 Å². The number of hydrogen-bond acceptors (Lipinski definition) is 4. The van der Waals surface area contributed by atoms with Gasteiger partial charge in [0.2, 0.25) is 5.91 Å². The topological polar surface area (TPSA) is 41.6 Å². The molecular formula is C20H23FN2O2S. The van der Waals surface area contributed by atoms with Crippen LogP contribution < -0.4 is 10.1 Å². The first-order valence-electron chi connectivity index (χ1n) is 8.28. The summed E-state index contributed by atoms with van der Waals surface area (Å²) in [5, 5.41) is 2.93. The maximum absolute atomic E-state index is 13.5. The molecule has 0 aliphatic rings. The third-order valence-electron chi connectivity index (χ3n) is 3.50. The summed E-state index contributed by atoms with van der Waals surface area (Å²) < 4.78 is 18.9. The predicted molar refractivity (Wildman–Crippen MR) is 105 cm³/mol. The van der Waals surface area contributed by atoms with E-state index in [1.54, 1.807) is 30.0 Å². The Morgan fingerprint density at radius 2 is 2.00 bits per heavy atom. The lowest BCUT2D eigenvalue weighted by Crippen LogP contribution is -2.33. The van der Waals surface area contributed by atoms with Crippen LogP contribution in [0.25, 0.3) is 0 Å². The first kappa shape index (κ1) is 20.0. The molecule has 2 aromatic rings. The zero-order valence-corrected chi connectivity index (χ0v) is 15.6. The van der Waals surface area contributed by atoms with E-state index in [1.165, 1.54) is 6.07 Å². The standard InChI is InChI=1S/C20H23FN2O2S/c1-3-14-26-19-11-7-5-9-17(19)22-20(24)15-23(2)12-13-25-18-10-6-4-8-16(18)21/h3-11H,1,12-15H2,2H3,(H,22,24). The highest BCUT2D eigenvalue weighted by atomic mass is 32.2. The summed E-state index contributed by atoms with van der Waals surface area (Å²) in [6, 6.07) is 13.9. The molecule has 0 saturated heterocycles. The van der Waals surface area contributed by atoms with Crippen molar-refractivity contribution in [3.8, 4) is 5.75 Å². The molecule has 1 amide bonds. The highest BCUT2D eigenvalue weighted by Gasteiger charge is 2.10. The number of thioether (sulfide) groups is 1. The number of ether oxygens (including phenoxy) is 1. The number of nitrogens with zero attached hydrogens (tertiary/aromatic N) is 1. The molecule has 0 radical (unpaired) electrons. The van der Waals surface area contributed by atoms with E-state index in [0.29, 0.717) is 13.2 Å². The predicted octanol–water partition coefficient (Wildman–Crippen LogP) is 4.05. The van der Waals surface area contributed by atoms with Crippen molar-refractivity contribution in [1.29, 1.82) is 0 Å². The highest BCUT2D eigenvalue weighted by Crippen LogP contribution is 2.26. The number of para-hydroxylation sites is 2. The second kappa shape index (κ2) is 10.6. The second-order valence-electron chi connectivity index (χ2n) is 5.66. The molecule has 0 heterocycles. The molecule has 1 N–H and O–H groups in total. The van der Waals surface area contributed by atoms with Gasteiger partial charge in [0, 0.05) is 17.2 Å². The highest BCUT2D eigenvalue weighted by molar-refractivity contribution is 7.99. The molecule has 138 valence electrons. The molecule has 0 saturated carbocycles. The minimum Gasteiger partial charge on any atom is -0.489 e. The van der Waals surface area contributed by atoms with Crippen LogP contribution in [-0.4, -0.2) is 43.3 Å². The van der Waals surface area contributed by atoms with Gasteiger partial charge in [0.15, 0.2) is 11.6 Å². The van der Waals surface area contributed by atoms with Crippen LogP contribution in [0.5, 0.6) is 5.75 Å². The minimum absolute atomic E-state index is 0.106. The van der Waals surface area contributed by atoms with Crippen molar-refractivity contribution in [2.75, 3.05) is 37.8 Å². The number of hydrogen-bond donors (Lipinski definition) is 1. The molecule has 2 aromatic carbocycles. The fourth-order valence-corrected chi connectivity index (χ4v) is 2.98. The van der Waals surface area contributed by atoms with Gasteiger partial charge in [0.1, 0.15) is 6.61 Å². The summed E-state index contributed by atoms with van der Waals surface area (Å²) in [4.78, 5) is 15.1. The molecule has 2 rings (SSSR count). The van der Waals surface area contributed by atoms with Gasteiger partial charge in [0.25, 0.3) is 0 Å². The summed E-state index contributed by atoms with van der Waals surface area (Å²) in [6.07, 6.45) is 1.83. The number of amides is 1. The first-order chi connectivity index (χ1) is 12.6. The molecule has 0 bridgehead atoms. The zero-order chi connectivity index (χ0) is 18.8. The third-order valence-corrected chi connectivity index (χ3v) is 4.57. The maximum Gasteiger partial charge on any atom is 0.238 e. The number of anilines is 1. The SMILES string of the molecule is C=CCSc1ccccc1NC(=O)CN(C)CCOc1ccccc1F. The smallest absolute Gasteiger partial charge is 0.238 e. The number of likely N-dealkylation sites (N-methyl/N-ethyl adjacent to an activating group) is 1. The minimum atomic E-state index is -0.387. The summed E-state index contributed by atoms with van der Waals surface area (Å²) in [7, 11) is 1.82. The van der Waals surface area contributed by atoms with Gasteiger partial charge in [-0.05, 0) is 31.3 Å². The van der Waals surface area contributed by atoms with Crippen LogP contribution in [0.4, 0.5) is 10.1 Å². The molecule has 0 aromatic heterocycles. The average Bonchev–Trinajstić information content (AvgIpc) is 2.62. The van der Waals surface area contributed by atoms with Crippen molar-refractivity contribution in [2.24, 2.45) is 0 Å². The maximum atomic E-state index is 13.5. The summed E-state index contributed by atoms with van der Waals surface area (Å²) in [6.45, 7) is 4.75. The van der Waals surface area contributed by atoms with Crippen LogP contribution in [0.1, 0.15) is 0 Å². The van der Waals surface area contributed by atoms with Gasteiger partial charge in [-0.15, -0.1) is 18.3 Å². The van der Waals surface area contributed by atoms with E-state index in [-0.39, 0.29) is 24.0 Å². The quantitative estimate of drug-likeness (QED) is 0.503. The normalized spacial score (nSPS) is 10.6. The Labute approximate surface area is 158 Å². The van der Waals surface area contributed by atoms with Crippen LogP contribution in [0, 0.1) is 5.82 Å². The van der Waals surface area contributed by atoms with Crippen molar-refractivity contribution in [2.45, 2.75) is 4.90 Å². The number of rotatable bonds is 10. The molecule has 4 nitrogen and oxygen atoms in total. The third kappa shape index (κ3) is 6.54. The number of carbonyl (C=O) groups excluding carboxylic acids is 1. The lowest BCUT2D eigenvalue weighted by atomic mass is 10.3. The van der Waals surface area contributed by atoms with Crippen molar-refractivity contribution < 1.29 is 13.9 Å². The van der Waals surface area contributed by atoms with Crippen LogP contribution >= 0.6 is 11.8 Å². The summed E-state index contributed by atoms with van der Waals surface area (Å²) in [5.41, 5.74) is 0.792. The molecule has 0 aliphatic carbocycles. The molecule has 26 heavy (non-hydrogen) atoms.